The third-order valence-electron chi connectivity index (χ3n) is 4.94. The predicted octanol–water partition coefficient (Wildman–Crippen LogP) is 5.10. The summed E-state index contributed by atoms with van der Waals surface area (Å²) in [6, 6.07) is 11.9. The Morgan fingerprint density at radius 3 is 2.31 bits per heavy atom. The molecule has 6 nitrogen and oxygen atoms in total. The van der Waals surface area contributed by atoms with Crippen molar-refractivity contribution in [2.75, 3.05) is 20.3 Å². The van der Waals surface area contributed by atoms with Crippen LogP contribution in [0.4, 0.5) is 0 Å². The van der Waals surface area contributed by atoms with Crippen molar-refractivity contribution in [2.45, 2.75) is 45.7 Å². The first kappa shape index (κ1) is 25.8. The minimum absolute atomic E-state index is 0.118. The van der Waals surface area contributed by atoms with E-state index in [1.165, 1.54) is 0 Å². The maximum Gasteiger partial charge on any atom is 0.242 e. The highest BCUT2D eigenvalue weighted by atomic mass is 35.5. The van der Waals surface area contributed by atoms with Crippen molar-refractivity contribution in [3.05, 3.63) is 58.1 Å². The van der Waals surface area contributed by atoms with Crippen LogP contribution in [0.2, 0.25) is 10.0 Å². The fourth-order valence-electron chi connectivity index (χ4n) is 3.28. The zero-order chi connectivity index (χ0) is 23.5. The van der Waals surface area contributed by atoms with E-state index in [0.29, 0.717) is 41.8 Å². The second-order valence-corrected chi connectivity index (χ2v) is 8.03. The standard InChI is InChI=1S/C24H30Cl2N2O4/c1-4-22(24(30)27-5-2)28(16-17-8-13-20(25)21(26)15-17)23(29)7-6-14-32-19-11-9-18(31-3)10-12-19/h8-13,15,22H,4-7,14,16H2,1-3H3,(H,27,30)/t22-/m1/s1. The molecule has 0 aromatic heterocycles. The number of hydrogen-bond donors (Lipinski definition) is 1. The molecule has 0 saturated heterocycles. The van der Waals surface area contributed by atoms with Crippen LogP contribution < -0.4 is 14.8 Å². The molecule has 0 radical (unpaired) electrons. The molecule has 0 spiro atoms. The average Bonchev–Trinajstić information content (AvgIpc) is 2.79. The number of nitrogens with zero attached hydrogens (tertiary/aromatic N) is 1. The van der Waals surface area contributed by atoms with Crippen molar-refractivity contribution in [2.24, 2.45) is 0 Å². The Bertz CT molecular complexity index is 890. The molecule has 0 heterocycles. The Morgan fingerprint density at radius 2 is 1.72 bits per heavy atom. The van der Waals surface area contributed by atoms with Crippen molar-refractivity contribution < 1.29 is 19.1 Å². The summed E-state index contributed by atoms with van der Waals surface area (Å²) in [6.45, 7) is 4.90. The van der Waals surface area contributed by atoms with Gasteiger partial charge in [-0.2, -0.15) is 0 Å². The molecule has 0 fully saturated rings. The largest absolute Gasteiger partial charge is 0.497 e. The lowest BCUT2D eigenvalue weighted by Gasteiger charge is -2.30. The van der Waals surface area contributed by atoms with Gasteiger partial charge in [-0.3, -0.25) is 9.59 Å². The highest BCUT2D eigenvalue weighted by Crippen LogP contribution is 2.24. The van der Waals surface area contributed by atoms with Crippen LogP contribution in [0.15, 0.2) is 42.5 Å². The summed E-state index contributed by atoms with van der Waals surface area (Å²) in [7, 11) is 1.61. The number of carbonyl (C=O) groups is 2. The summed E-state index contributed by atoms with van der Waals surface area (Å²) in [6.07, 6.45) is 1.28. The van der Waals surface area contributed by atoms with Gasteiger partial charge in [-0.1, -0.05) is 36.2 Å². The van der Waals surface area contributed by atoms with Crippen LogP contribution in [-0.4, -0.2) is 43.0 Å². The van der Waals surface area contributed by atoms with Crippen molar-refractivity contribution in [3.63, 3.8) is 0 Å². The fraction of sp³-hybridized carbons (Fsp3) is 0.417. The van der Waals surface area contributed by atoms with Gasteiger partial charge in [0.15, 0.2) is 0 Å². The Kier molecular flexibility index (Phi) is 10.6. The molecule has 0 aliphatic carbocycles. The molecule has 1 N–H and O–H groups in total. The van der Waals surface area contributed by atoms with Gasteiger partial charge in [0.2, 0.25) is 11.8 Å². The van der Waals surface area contributed by atoms with Gasteiger partial charge in [-0.25, -0.2) is 0 Å². The molecule has 0 aliphatic heterocycles. The molecular formula is C24H30Cl2N2O4. The molecule has 0 bridgehead atoms. The Hall–Kier alpha value is -2.44. The Labute approximate surface area is 199 Å². The van der Waals surface area contributed by atoms with Gasteiger partial charge < -0.3 is 19.7 Å². The third kappa shape index (κ3) is 7.61. The van der Waals surface area contributed by atoms with Crippen LogP contribution >= 0.6 is 23.2 Å². The van der Waals surface area contributed by atoms with E-state index in [1.54, 1.807) is 24.1 Å². The van der Waals surface area contributed by atoms with E-state index < -0.39 is 6.04 Å². The van der Waals surface area contributed by atoms with Crippen molar-refractivity contribution in [1.29, 1.82) is 0 Å². The fourth-order valence-corrected chi connectivity index (χ4v) is 3.60. The summed E-state index contributed by atoms with van der Waals surface area (Å²) in [5.41, 5.74) is 0.810. The predicted molar refractivity (Wildman–Crippen MR) is 127 cm³/mol. The number of likely N-dealkylation sites (N-methyl/N-ethyl adjacent to an activating group) is 1. The summed E-state index contributed by atoms with van der Waals surface area (Å²) in [5.74, 6) is 1.17. The molecule has 1 atom stereocenters. The molecule has 2 aromatic rings. The number of benzene rings is 2. The first-order chi connectivity index (χ1) is 15.4. The molecule has 174 valence electrons. The number of rotatable bonds is 12. The minimum atomic E-state index is -0.570. The van der Waals surface area contributed by atoms with Crippen LogP contribution in [-0.2, 0) is 16.1 Å². The molecular weight excluding hydrogens is 451 g/mol. The molecule has 0 aliphatic rings. The van der Waals surface area contributed by atoms with E-state index in [2.05, 4.69) is 5.32 Å². The van der Waals surface area contributed by atoms with E-state index >= 15 is 0 Å². The maximum atomic E-state index is 13.1. The lowest BCUT2D eigenvalue weighted by Crippen LogP contribution is -2.49. The van der Waals surface area contributed by atoms with Crippen molar-refractivity contribution in [3.8, 4) is 11.5 Å². The van der Waals surface area contributed by atoms with Crippen LogP contribution in [0.3, 0.4) is 0 Å². The molecule has 2 rings (SSSR count). The third-order valence-corrected chi connectivity index (χ3v) is 5.68. The van der Waals surface area contributed by atoms with Crippen LogP contribution in [0.1, 0.15) is 38.7 Å². The van der Waals surface area contributed by atoms with Gasteiger partial charge in [-0.15, -0.1) is 0 Å². The maximum absolute atomic E-state index is 13.1. The first-order valence-electron chi connectivity index (χ1n) is 10.7. The van der Waals surface area contributed by atoms with Crippen molar-refractivity contribution in [1.82, 2.24) is 10.2 Å². The van der Waals surface area contributed by atoms with E-state index in [4.69, 9.17) is 32.7 Å². The monoisotopic (exact) mass is 480 g/mol. The summed E-state index contributed by atoms with van der Waals surface area (Å²) in [5, 5.41) is 3.68. The Morgan fingerprint density at radius 1 is 1.03 bits per heavy atom. The molecule has 2 amide bonds. The first-order valence-corrected chi connectivity index (χ1v) is 11.4. The topological polar surface area (TPSA) is 67.9 Å². The summed E-state index contributed by atoms with van der Waals surface area (Å²) >= 11 is 12.2. The quantitative estimate of drug-likeness (QED) is 0.428. The second-order valence-electron chi connectivity index (χ2n) is 7.22. The van der Waals surface area contributed by atoms with E-state index in [9.17, 15) is 9.59 Å². The zero-order valence-corrected chi connectivity index (χ0v) is 20.2. The number of carbonyl (C=O) groups excluding carboxylic acids is 2. The van der Waals surface area contributed by atoms with Crippen molar-refractivity contribution >= 4 is 35.0 Å². The zero-order valence-electron chi connectivity index (χ0n) is 18.7. The summed E-state index contributed by atoms with van der Waals surface area (Å²) < 4.78 is 10.8. The second kappa shape index (κ2) is 13.2. The number of nitrogens with one attached hydrogen (secondary N) is 1. The van der Waals surface area contributed by atoms with Gasteiger partial charge in [0.1, 0.15) is 17.5 Å². The average molecular weight is 481 g/mol. The van der Waals surface area contributed by atoms with E-state index in [-0.39, 0.29) is 24.8 Å². The van der Waals surface area contributed by atoms with Crippen LogP contribution in [0, 0.1) is 0 Å². The van der Waals surface area contributed by atoms with Gasteiger partial charge >= 0.3 is 0 Å². The summed E-state index contributed by atoms with van der Waals surface area (Å²) in [4.78, 5) is 27.3. The van der Waals surface area contributed by atoms with Gasteiger partial charge in [0.05, 0.1) is 23.8 Å². The normalized spacial score (nSPS) is 11.5. The molecule has 8 heteroatoms. The highest BCUT2D eigenvalue weighted by molar-refractivity contribution is 6.42. The number of methoxy groups -OCH3 is 1. The number of amides is 2. The Balaban J connectivity index is 2.04. The molecule has 0 unspecified atom stereocenters. The lowest BCUT2D eigenvalue weighted by atomic mass is 10.1. The van der Waals surface area contributed by atoms with Crippen LogP contribution in [0.25, 0.3) is 0 Å². The minimum Gasteiger partial charge on any atom is -0.497 e. The smallest absolute Gasteiger partial charge is 0.242 e. The molecule has 2 aromatic carbocycles. The lowest BCUT2D eigenvalue weighted by molar-refractivity contribution is -0.141. The van der Waals surface area contributed by atoms with E-state index in [1.807, 2.05) is 44.2 Å². The van der Waals surface area contributed by atoms with Gasteiger partial charge in [-0.05, 0) is 61.7 Å². The number of hydrogen-bond acceptors (Lipinski definition) is 4. The highest BCUT2D eigenvalue weighted by Gasteiger charge is 2.28. The number of halogens is 2. The van der Waals surface area contributed by atoms with Gasteiger partial charge in [0.25, 0.3) is 0 Å². The van der Waals surface area contributed by atoms with Gasteiger partial charge in [0, 0.05) is 19.5 Å². The molecule has 32 heavy (non-hydrogen) atoms. The molecule has 0 saturated carbocycles. The number of ether oxygens (including phenoxy) is 2. The van der Waals surface area contributed by atoms with E-state index in [0.717, 1.165) is 11.3 Å². The SMILES string of the molecule is CCNC(=O)[C@@H](CC)N(Cc1ccc(Cl)c(Cl)c1)C(=O)CCCOc1ccc(OC)cc1. The van der Waals surface area contributed by atoms with Crippen LogP contribution in [0.5, 0.6) is 11.5 Å².